The summed E-state index contributed by atoms with van der Waals surface area (Å²) in [7, 11) is 1.79. The van der Waals surface area contributed by atoms with Gasteiger partial charge in [0.2, 0.25) is 0 Å². The van der Waals surface area contributed by atoms with Gasteiger partial charge in [0.1, 0.15) is 0 Å². The number of ether oxygens (including phenoxy) is 1. The van der Waals surface area contributed by atoms with Gasteiger partial charge in [-0.1, -0.05) is 6.42 Å². The van der Waals surface area contributed by atoms with Crippen molar-refractivity contribution in [3.63, 3.8) is 0 Å². The van der Waals surface area contributed by atoms with Crippen molar-refractivity contribution in [2.45, 2.75) is 46.1 Å². The van der Waals surface area contributed by atoms with E-state index in [-0.39, 0.29) is 24.0 Å². The molecule has 0 saturated heterocycles. The third kappa shape index (κ3) is 6.58. The minimum atomic E-state index is 0. The van der Waals surface area contributed by atoms with Crippen LogP contribution in [0.15, 0.2) is 17.1 Å². The van der Waals surface area contributed by atoms with Crippen molar-refractivity contribution < 1.29 is 4.74 Å². The first-order chi connectivity index (χ1) is 10.7. The first kappa shape index (κ1) is 20.7. The van der Waals surface area contributed by atoms with Gasteiger partial charge in [0.15, 0.2) is 5.96 Å². The lowest BCUT2D eigenvalue weighted by Gasteiger charge is -2.42. The monoisotopic (exact) mass is 451 g/mol. The van der Waals surface area contributed by atoms with E-state index in [0.717, 1.165) is 38.6 Å². The number of guanidine groups is 1. The fourth-order valence-corrected chi connectivity index (χ4v) is 3.67. The van der Waals surface area contributed by atoms with Crippen LogP contribution >= 0.6 is 35.3 Å². The van der Waals surface area contributed by atoms with Gasteiger partial charge < -0.3 is 15.4 Å². The van der Waals surface area contributed by atoms with Crippen LogP contribution in [0, 0.1) is 12.3 Å². The zero-order chi connectivity index (χ0) is 15.8. The van der Waals surface area contributed by atoms with Crippen molar-refractivity contribution in [3.8, 4) is 0 Å². The zero-order valence-corrected chi connectivity index (χ0v) is 17.6. The Morgan fingerprint density at radius 3 is 2.65 bits per heavy atom. The van der Waals surface area contributed by atoms with Crippen LogP contribution in [0.25, 0.3) is 0 Å². The van der Waals surface area contributed by atoms with E-state index in [2.05, 4.69) is 36.6 Å². The molecular weight excluding hydrogens is 421 g/mol. The third-order valence-electron chi connectivity index (χ3n) is 4.41. The Bertz CT molecular complexity index is 486. The normalized spacial score (nSPS) is 16.4. The van der Waals surface area contributed by atoms with E-state index in [4.69, 9.17) is 9.73 Å². The molecule has 1 aromatic heterocycles. The van der Waals surface area contributed by atoms with E-state index >= 15 is 0 Å². The number of thiophene rings is 1. The van der Waals surface area contributed by atoms with Gasteiger partial charge in [0.25, 0.3) is 0 Å². The van der Waals surface area contributed by atoms with Gasteiger partial charge in [-0.05, 0) is 50.7 Å². The highest BCUT2D eigenvalue weighted by molar-refractivity contribution is 14.0. The number of halogens is 1. The summed E-state index contributed by atoms with van der Waals surface area (Å²) in [6.07, 6.45) is 5.08. The Hall–Kier alpha value is -0.340. The minimum Gasteiger partial charge on any atom is -0.385 e. The number of nitrogens with zero attached hydrogens (tertiary/aromatic N) is 1. The van der Waals surface area contributed by atoms with Gasteiger partial charge in [0, 0.05) is 36.6 Å². The Kier molecular flexibility index (Phi) is 9.46. The maximum Gasteiger partial charge on any atom is 0.191 e. The largest absolute Gasteiger partial charge is 0.385 e. The molecule has 0 radical (unpaired) electrons. The molecule has 2 N–H and O–H groups in total. The summed E-state index contributed by atoms with van der Waals surface area (Å²) >= 11 is 1.82. The van der Waals surface area contributed by atoms with Gasteiger partial charge in [-0.2, -0.15) is 0 Å². The summed E-state index contributed by atoms with van der Waals surface area (Å²) < 4.78 is 5.26. The number of aryl methyl sites for hydroxylation is 1. The number of aliphatic imine (C=N–C) groups is 1. The van der Waals surface area contributed by atoms with Crippen LogP contribution in [-0.4, -0.2) is 32.8 Å². The molecule has 0 spiro atoms. The van der Waals surface area contributed by atoms with Crippen LogP contribution in [0.1, 0.15) is 42.4 Å². The number of nitrogens with one attached hydrogen (secondary N) is 2. The summed E-state index contributed by atoms with van der Waals surface area (Å²) in [5.41, 5.74) is 0.408. The molecule has 0 aromatic carbocycles. The molecule has 4 nitrogen and oxygen atoms in total. The Morgan fingerprint density at radius 2 is 2.13 bits per heavy atom. The lowest BCUT2D eigenvalue weighted by Crippen LogP contribution is -2.46. The van der Waals surface area contributed by atoms with E-state index in [1.807, 2.05) is 11.3 Å². The van der Waals surface area contributed by atoms with Crippen LogP contribution in [0.2, 0.25) is 0 Å². The predicted octanol–water partition coefficient (Wildman–Crippen LogP) is 3.94. The van der Waals surface area contributed by atoms with Crippen molar-refractivity contribution in [1.29, 1.82) is 0 Å². The van der Waals surface area contributed by atoms with Crippen molar-refractivity contribution in [1.82, 2.24) is 10.6 Å². The second-order valence-corrected chi connectivity index (χ2v) is 7.53. The number of hydrogen-bond donors (Lipinski definition) is 2. The van der Waals surface area contributed by atoms with Gasteiger partial charge in [-0.15, -0.1) is 35.3 Å². The van der Waals surface area contributed by atoms with Crippen molar-refractivity contribution in [2.24, 2.45) is 10.4 Å². The molecule has 1 fully saturated rings. The summed E-state index contributed by atoms with van der Waals surface area (Å²) in [4.78, 5) is 7.37. The van der Waals surface area contributed by atoms with E-state index in [0.29, 0.717) is 5.41 Å². The minimum absolute atomic E-state index is 0. The standard InChI is InChI=1S/C17H29N3OS.HI/c1-4-18-16(19-12-15-7-6-14(2)22-15)20-13-17(8-5-9-17)10-11-21-3;/h6-7H,4-5,8-13H2,1-3H3,(H2,18,19,20);1H. The highest BCUT2D eigenvalue weighted by Crippen LogP contribution is 2.43. The number of methoxy groups -OCH3 is 1. The van der Waals surface area contributed by atoms with Crippen LogP contribution in [-0.2, 0) is 11.3 Å². The van der Waals surface area contributed by atoms with Crippen LogP contribution < -0.4 is 10.6 Å². The van der Waals surface area contributed by atoms with Crippen molar-refractivity contribution in [2.75, 3.05) is 26.8 Å². The van der Waals surface area contributed by atoms with E-state index in [1.54, 1.807) is 7.11 Å². The molecule has 2 rings (SSSR count). The molecule has 6 heteroatoms. The predicted molar refractivity (Wildman–Crippen MR) is 110 cm³/mol. The molecule has 0 unspecified atom stereocenters. The smallest absolute Gasteiger partial charge is 0.191 e. The number of hydrogen-bond acceptors (Lipinski definition) is 3. The molecule has 0 bridgehead atoms. The molecule has 0 aliphatic heterocycles. The average Bonchev–Trinajstić information content (AvgIpc) is 2.88. The van der Waals surface area contributed by atoms with Gasteiger partial charge in [-0.3, -0.25) is 0 Å². The molecule has 1 heterocycles. The fourth-order valence-electron chi connectivity index (χ4n) is 2.85. The van der Waals surface area contributed by atoms with Crippen LogP contribution in [0.3, 0.4) is 0 Å². The molecule has 1 aliphatic carbocycles. The maximum absolute atomic E-state index is 5.26. The quantitative estimate of drug-likeness (QED) is 0.358. The van der Waals surface area contributed by atoms with Crippen LogP contribution in [0.5, 0.6) is 0 Å². The van der Waals surface area contributed by atoms with E-state index in [1.165, 1.54) is 29.0 Å². The Labute approximate surface area is 161 Å². The average molecular weight is 451 g/mol. The summed E-state index contributed by atoms with van der Waals surface area (Å²) in [5, 5.41) is 6.89. The fraction of sp³-hybridized carbons (Fsp3) is 0.706. The Balaban J connectivity index is 0.00000264. The lowest BCUT2D eigenvalue weighted by molar-refractivity contribution is 0.0732. The summed E-state index contributed by atoms with van der Waals surface area (Å²) in [6, 6.07) is 4.32. The summed E-state index contributed by atoms with van der Waals surface area (Å²) in [6.45, 7) is 7.72. The molecule has 0 amide bonds. The highest BCUT2D eigenvalue weighted by Gasteiger charge is 2.36. The molecular formula is C17H30IN3OS. The number of rotatable bonds is 8. The first-order valence-electron chi connectivity index (χ1n) is 8.24. The van der Waals surface area contributed by atoms with E-state index < -0.39 is 0 Å². The molecule has 1 aliphatic rings. The third-order valence-corrected chi connectivity index (χ3v) is 5.40. The molecule has 132 valence electrons. The van der Waals surface area contributed by atoms with Gasteiger partial charge >= 0.3 is 0 Å². The van der Waals surface area contributed by atoms with Gasteiger partial charge in [0.05, 0.1) is 6.54 Å². The lowest BCUT2D eigenvalue weighted by atomic mass is 9.67. The highest BCUT2D eigenvalue weighted by atomic mass is 127. The SMILES string of the molecule is CCNC(=NCc1ccc(C)s1)NCC1(CCOC)CCC1.I. The van der Waals surface area contributed by atoms with Crippen molar-refractivity contribution >= 4 is 41.3 Å². The molecule has 0 atom stereocenters. The van der Waals surface area contributed by atoms with Crippen molar-refractivity contribution in [3.05, 3.63) is 21.9 Å². The van der Waals surface area contributed by atoms with Crippen LogP contribution in [0.4, 0.5) is 0 Å². The maximum atomic E-state index is 5.26. The first-order valence-corrected chi connectivity index (χ1v) is 9.05. The second kappa shape index (κ2) is 10.5. The Morgan fingerprint density at radius 1 is 1.35 bits per heavy atom. The second-order valence-electron chi connectivity index (χ2n) is 6.16. The van der Waals surface area contributed by atoms with Gasteiger partial charge in [-0.25, -0.2) is 4.99 Å². The molecule has 23 heavy (non-hydrogen) atoms. The molecule has 1 saturated carbocycles. The molecule has 1 aromatic rings. The van der Waals surface area contributed by atoms with E-state index in [9.17, 15) is 0 Å². The summed E-state index contributed by atoms with van der Waals surface area (Å²) in [5.74, 6) is 0.928. The zero-order valence-electron chi connectivity index (χ0n) is 14.5. The topological polar surface area (TPSA) is 45.7 Å².